The Morgan fingerprint density at radius 1 is 1.38 bits per heavy atom. The van der Waals surface area contributed by atoms with Crippen LogP contribution in [0.4, 0.5) is 5.88 Å². The van der Waals surface area contributed by atoms with Crippen LogP contribution in [0.25, 0.3) is 0 Å². The molecule has 80 valence electrons. The van der Waals surface area contributed by atoms with Crippen LogP contribution in [0.5, 0.6) is 0 Å². The average Bonchev–Trinajstić information content (AvgIpc) is 2.76. The molecule has 0 fully saturated rings. The van der Waals surface area contributed by atoms with Crippen molar-refractivity contribution in [1.29, 1.82) is 5.26 Å². The smallest absolute Gasteiger partial charge is 0.232 e. The van der Waals surface area contributed by atoms with Crippen molar-refractivity contribution in [3.05, 3.63) is 47.5 Å². The fourth-order valence-electron chi connectivity index (χ4n) is 1.34. The molecule has 0 aliphatic carbocycles. The first kappa shape index (κ1) is 10.2. The molecule has 16 heavy (non-hydrogen) atoms. The Labute approximate surface area is 93.5 Å². The summed E-state index contributed by atoms with van der Waals surface area (Å²) in [6.07, 6.45) is 1.26. The van der Waals surface area contributed by atoms with E-state index in [1.807, 2.05) is 37.3 Å². The fourth-order valence-corrected chi connectivity index (χ4v) is 1.34. The standard InChI is InChI=1S/C12H11N3O/c1-9-2-4-10(5-3-9)7-14-12-11(6-13)15-8-16-12/h2-5,8,14H,7H2,1H3. The molecule has 1 N–H and O–H groups in total. The molecule has 0 amide bonds. The maximum atomic E-state index is 8.73. The van der Waals surface area contributed by atoms with Crippen LogP contribution in [0.1, 0.15) is 16.8 Å². The number of anilines is 1. The zero-order valence-corrected chi connectivity index (χ0v) is 8.90. The summed E-state index contributed by atoms with van der Waals surface area (Å²) in [5, 5.41) is 11.8. The van der Waals surface area contributed by atoms with Crippen molar-refractivity contribution >= 4 is 5.88 Å². The van der Waals surface area contributed by atoms with Crippen LogP contribution in [0.15, 0.2) is 35.1 Å². The first-order valence-corrected chi connectivity index (χ1v) is 4.92. The number of nitrogens with zero attached hydrogens (tertiary/aromatic N) is 2. The van der Waals surface area contributed by atoms with Gasteiger partial charge >= 0.3 is 0 Å². The van der Waals surface area contributed by atoms with Crippen LogP contribution in [0.2, 0.25) is 0 Å². The molecule has 0 saturated carbocycles. The zero-order valence-electron chi connectivity index (χ0n) is 8.90. The van der Waals surface area contributed by atoms with E-state index in [0.29, 0.717) is 12.4 Å². The quantitative estimate of drug-likeness (QED) is 0.850. The van der Waals surface area contributed by atoms with Gasteiger partial charge in [0.05, 0.1) is 0 Å². The lowest BCUT2D eigenvalue weighted by Gasteiger charge is -2.03. The lowest BCUT2D eigenvalue weighted by Crippen LogP contribution is -1.99. The molecular weight excluding hydrogens is 202 g/mol. The highest BCUT2D eigenvalue weighted by molar-refractivity contribution is 5.44. The van der Waals surface area contributed by atoms with Crippen molar-refractivity contribution < 1.29 is 4.42 Å². The number of benzene rings is 1. The lowest BCUT2D eigenvalue weighted by atomic mass is 10.1. The first-order chi connectivity index (χ1) is 7.79. The van der Waals surface area contributed by atoms with Crippen LogP contribution >= 0.6 is 0 Å². The average molecular weight is 213 g/mol. The minimum Gasteiger partial charge on any atom is -0.427 e. The molecule has 4 nitrogen and oxygen atoms in total. The van der Waals surface area contributed by atoms with E-state index < -0.39 is 0 Å². The second-order valence-electron chi connectivity index (χ2n) is 3.48. The summed E-state index contributed by atoms with van der Waals surface area (Å²) in [6, 6.07) is 10.1. The van der Waals surface area contributed by atoms with Gasteiger partial charge in [-0.15, -0.1) is 0 Å². The van der Waals surface area contributed by atoms with E-state index in [1.165, 1.54) is 12.0 Å². The molecule has 2 rings (SSSR count). The van der Waals surface area contributed by atoms with Crippen LogP contribution in [0, 0.1) is 18.3 Å². The van der Waals surface area contributed by atoms with Gasteiger partial charge in [-0.3, -0.25) is 0 Å². The predicted molar refractivity (Wildman–Crippen MR) is 59.7 cm³/mol. The predicted octanol–water partition coefficient (Wildman–Crippen LogP) is 2.47. The number of aryl methyl sites for hydroxylation is 1. The van der Waals surface area contributed by atoms with Gasteiger partial charge < -0.3 is 9.73 Å². The Kier molecular flexibility index (Phi) is 2.88. The number of hydrogen-bond donors (Lipinski definition) is 1. The number of rotatable bonds is 3. The number of oxazole rings is 1. The van der Waals surface area contributed by atoms with E-state index in [1.54, 1.807) is 0 Å². The summed E-state index contributed by atoms with van der Waals surface area (Å²) in [5.74, 6) is 0.420. The van der Waals surface area contributed by atoms with Gasteiger partial charge in [-0.25, -0.2) is 4.98 Å². The number of hydrogen-bond acceptors (Lipinski definition) is 4. The van der Waals surface area contributed by atoms with Gasteiger partial charge in [-0.2, -0.15) is 5.26 Å². The Morgan fingerprint density at radius 3 is 2.81 bits per heavy atom. The summed E-state index contributed by atoms with van der Waals surface area (Å²) in [4.78, 5) is 3.77. The third-order valence-corrected chi connectivity index (χ3v) is 2.25. The van der Waals surface area contributed by atoms with Gasteiger partial charge in [0.2, 0.25) is 11.6 Å². The van der Waals surface area contributed by atoms with Gasteiger partial charge in [0, 0.05) is 6.54 Å². The fraction of sp³-hybridized carbons (Fsp3) is 0.167. The van der Waals surface area contributed by atoms with Crippen LogP contribution in [-0.2, 0) is 6.54 Å². The molecule has 1 heterocycles. The molecular formula is C12H11N3O. The van der Waals surface area contributed by atoms with Crippen molar-refractivity contribution in [2.75, 3.05) is 5.32 Å². The normalized spacial score (nSPS) is 9.75. The Hall–Kier alpha value is -2.28. The monoisotopic (exact) mass is 213 g/mol. The van der Waals surface area contributed by atoms with E-state index >= 15 is 0 Å². The van der Waals surface area contributed by atoms with Gasteiger partial charge in [0.1, 0.15) is 6.07 Å². The van der Waals surface area contributed by atoms with E-state index in [4.69, 9.17) is 9.68 Å². The summed E-state index contributed by atoms with van der Waals surface area (Å²) >= 11 is 0. The first-order valence-electron chi connectivity index (χ1n) is 4.92. The van der Waals surface area contributed by atoms with Crippen molar-refractivity contribution in [1.82, 2.24) is 4.98 Å². The second-order valence-corrected chi connectivity index (χ2v) is 3.48. The molecule has 0 aliphatic heterocycles. The summed E-state index contributed by atoms with van der Waals surface area (Å²) in [6.45, 7) is 2.66. The SMILES string of the molecule is Cc1ccc(CNc2ocnc2C#N)cc1. The Bertz CT molecular complexity index is 508. The highest BCUT2D eigenvalue weighted by Crippen LogP contribution is 2.13. The number of nitrogens with one attached hydrogen (secondary N) is 1. The summed E-state index contributed by atoms with van der Waals surface area (Å²) in [7, 11) is 0. The molecule has 2 aromatic rings. The van der Waals surface area contributed by atoms with E-state index in [-0.39, 0.29) is 5.69 Å². The van der Waals surface area contributed by atoms with Crippen LogP contribution in [-0.4, -0.2) is 4.98 Å². The van der Waals surface area contributed by atoms with Gasteiger partial charge in [0.15, 0.2) is 6.39 Å². The molecule has 1 aromatic carbocycles. The minimum absolute atomic E-state index is 0.284. The van der Waals surface area contributed by atoms with E-state index in [2.05, 4.69) is 10.3 Å². The van der Waals surface area contributed by atoms with E-state index in [9.17, 15) is 0 Å². The number of nitriles is 1. The lowest BCUT2D eigenvalue weighted by molar-refractivity contribution is 0.568. The van der Waals surface area contributed by atoms with E-state index in [0.717, 1.165) is 5.56 Å². The second kappa shape index (κ2) is 4.49. The van der Waals surface area contributed by atoms with Crippen molar-refractivity contribution in [3.8, 4) is 6.07 Å². The maximum absolute atomic E-state index is 8.73. The largest absolute Gasteiger partial charge is 0.427 e. The molecule has 0 spiro atoms. The molecule has 0 radical (unpaired) electrons. The summed E-state index contributed by atoms with van der Waals surface area (Å²) in [5.41, 5.74) is 2.64. The third kappa shape index (κ3) is 2.20. The van der Waals surface area contributed by atoms with Crippen molar-refractivity contribution in [2.24, 2.45) is 0 Å². The van der Waals surface area contributed by atoms with Gasteiger partial charge in [-0.1, -0.05) is 29.8 Å². The topological polar surface area (TPSA) is 61.9 Å². The van der Waals surface area contributed by atoms with Crippen LogP contribution < -0.4 is 5.32 Å². The van der Waals surface area contributed by atoms with Crippen molar-refractivity contribution in [2.45, 2.75) is 13.5 Å². The maximum Gasteiger partial charge on any atom is 0.232 e. The molecule has 0 unspecified atom stereocenters. The molecule has 0 atom stereocenters. The molecule has 1 aromatic heterocycles. The molecule has 4 heteroatoms. The van der Waals surface area contributed by atoms with Crippen molar-refractivity contribution in [3.63, 3.8) is 0 Å². The minimum atomic E-state index is 0.284. The summed E-state index contributed by atoms with van der Waals surface area (Å²) < 4.78 is 5.06. The van der Waals surface area contributed by atoms with Gasteiger partial charge in [0.25, 0.3) is 0 Å². The Balaban J connectivity index is 2.03. The highest BCUT2D eigenvalue weighted by Gasteiger charge is 2.05. The van der Waals surface area contributed by atoms with Gasteiger partial charge in [-0.05, 0) is 12.5 Å². The molecule has 0 aliphatic rings. The highest BCUT2D eigenvalue weighted by atomic mass is 16.4. The van der Waals surface area contributed by atoms with Crippen LogP contribution in [0.3, 0.4) is 0 Å². The molecule has 0 bridgehead atoms. The zero-order chi connectivity index (χ0) is 11.4. The third-order valence-electron chi connectivity index (χ3n) is 2.25. The molecule has 0 saturated heterocycles. The number of aromatic nitrogens is 1. The Morgan fingerprint density at radius 2 is 2.12 bits per heavy atom.